The van der Waals surface area contributed by atoms with Crippen molar-refractivity contribution in [3.8, 4) is 11.5 Å². The summed E-state index contributed by atoms with van der Waals surface area (Å²) in [7, 11) is 0. The Morgan fingerprint density at radius 3 is 2.59 bits per heavy atom. The predicted molar refractivity (Wildman–Crippen MR) is 120 cm³/mol. The van der Waals surface area contributed by atoms with Gasteiger partial charge in [0, 0.05) is 27.9 Å². The van der Waals surface area contributed by atoms with Crippen LogP contribution in [0.25, 0.3) is 0 Å². The molecule has 2 aromatic carbocycles. The number of carbonyl (C=O) groups excluding carboxylic acids is 1. The standard InChI is InChI=1S/C21H22Cl2N2O3S/c1-3-27-18-8-6-14(11-19(18)28-4-2)20(26)25-10-9-24-21(25)29-13-15-5-7-16(22)12-17(15)23/h5-8,11-12H,3-4,9-10,13H2,1-2H3. The summed E-state index contributed by atoms with van der Waals surface area (Å²) in [6.45, 7) is 5.95. The van der Waals surface area contributed by atoms with Crippen molar-refractivity contribution in [2.45, 2.75) is 19.6 Å². The second kappa shape index (κ2) is 10.2. The summed E-state index contributed by atoms with van der Waals surface area (Å²) >= 11 is 13.7. The molecule has 0 unspecified atom stereocenters. The fourth-order valence-corrected chi connectivity index (χ4v) is 4.46. The van der Waals surface area contributed by atoms with Gasteiger partial charge in [-0.15, -0.1) is 0 Å². The van der Waals surface area contributed by atoms with Gasteiger partial charge in [0.05, 0.1) is 19.8 Å². The van der Waals surface area contributed by atoms with Crippen molar-refractivity contribution in [3.05, 3.63) is 57.6 Å². The smallest absolute Gasteiger partial charge is 0.260 e. The number of benzene rings is 2. The number of thioether (sulfide) groups is 1. The molecular formula is C21H22Cl2N2O3S. The third kappa shape index (κ3) is 5.38. The van der Waals surface area contributed by atoms with Gasteiger partial charge in [-0.3, -0.25) is 14.7 Å². The molecule has 0 aliphatic carbocycles. The largest absolute Gasteiger partial charge is 0.490 e. The lowest BCUT2D eigenvalue weighted by Crippen LogP contribution is -2.32. The molecule has 0 N–H and O–H groups in total. The van der Waals surface area contributed by atoms with Gasteiger partial charge in [0.1, 0.15) is 0 Å². The van der Waals surface area contributed by atoms with Gasteiger partial charge in [-0.25, -0.2) is 0 Å². The molecule has 0 radical (unpaired) electrons. The molecule has 154 valence electrons. The van der Waals surface area contributed by atoms with Crippen LogP contribution >= 0.6 is 35.0 Å². The van der Waals surface area contributed by atoms with Gasteiger partial charge in [-0.1, -0.05) is 41.0 Å². The van der Waals surface area contributed by atoms with Gasteiger partial charge in [0.15, 0.2) is 16.7 Å². The van der Waals surface area contributed by atoms with E-state index in [0.717, 1.165) is 5.56 Å². The van der Waals surface area contributed by atoms with Crippen molar-refractivity contribution >= 4 is 46.0 Å². The van der Waals surface area contributed by atoms with Crippen LogP contribution in [0.2, 0.25) is 10.0 Å². The van der Waals surface area contributed by atoms with Crippen LogP contribution in [-0.2, 0) is 5.75 Å². The zero-order valence-corrected chi connectivity index (χ0v) is 18.6. The predicted octanol–water partition coefficient (Wildman–Crippen LogP) is 5.54. The Morgan fingerprint density at radius 1 is 1.10 bits per heavy atom. The summed E-state index contributed by atoms with van der Waals surface area (Å²) in [6, 6.07) is 10.7. The van der Waals surface area contributed by atoms with Crippen LogP contribution in [0.3, 0.4) is 0 Å². The number of hydrogen-bond donors (Lipinski definition) is 0. The van der Waals surface area contributed by atoms with Gasteiger partial charge in [0.2, 0.25) is 0 Å². The molecule has 0 bridgehead atoms. The zero-order chi connectivity index (χ0) is 20.8. The van der Waals surface area contributed by atoms with E-state index in [1.807, 2.05) is 19.9 Å². The molecule has 5 nitrogen and oxygen atoms in total. The van der Waals surface area contributed by atoms with Crippen molar-refractivity contribution in [1.82, 2.24) is 4.90 Å². The fraction of sp³-hybridized carbons (Fsp3) is 0.333. The first-order valence-electron chi connectivity index (χ1n) is 9.36. The summed E-state index contributed by atoms with van der Waals surface area (Å²) in [4.78, 5) is 19.3. The number of aliphatic imine (C=N–C) groups is 1. The Labute approximate surface area is 185 Å². The van der Waals surface area contributed by atoms with Crippen molar-refractivity contribution in [2.24, 2.45) is 4.99 Å². The second-order valence-electron chi connectivity index (χ2n) is 6.17. The van der Waals surface area contributed by atoms with Crippen molar-refractivity contribution in [1.29, 1.82) is 0 Å². The van der Waals surface area contributed by atoms with Crippen LogP contribution < -0.4 is 9.47 Å². The maximum atomic E-state index is 13.1. The molecule has 2 aromatic rings. The van der Waals surface area contributed by atoms with E-state index in [4.69, 9.17) is 32.7 Å². The second-order valence-corrected chi connectivity index (χ2v) is 7.96. The Kier molecular flexibility index (Phi) is 7.70. The van der Waals surface area contributed by atoms with E-state index in [1.165, 1.54) is 11.8 Å². The minimum Gasteiger partial charge on any atom is -0.490 e. The highest BCUT2D eigenvalue weighted by Crippen LogP contribution is 2.31. The lowest BCUT2D eigenvalue weighted by molar-refractivity contribution is 0.0860. The maximum Gasteiger partial charge on any atom is 0.260 e. The number of hydrogen-bond acceptors (Lipinski definition) is 5. The summed E-state index contributed by atoms with van der Waals surface area (Å²) in [5.41, 5.74) is 1.49. The number of ether oxygens (including phenoxy) is 2. The molecule has 0 saturated heterocycles. The van der Waals surface area contributed by atoms with Gasteiger partial charge in [-0.2, -0.15) is 0 Å². The molecule has 1 aliphatic heterocycles. The number of nitrogens with zero attached hydrogens (tertiary/aromatic N) is 2. The summed E-state index contributed by atoms with van der Waals surface area (Å²) < 4.78 is 11.2. The van der Waals surface area contributed by atoms with E-state index in [9.17, 15) is 4.79 Å². The number of carbonyl (C=O) groups is 1. The zero-order valence-electron chi connectivity index (χ0n) is 16.3. The van der Waals surface area contributed by atoms with Gasteiger partial charge in [0.25, 0.3) is 5.91 Å². The maximum absolute atomic E-state index is 13.1. The van der Waals surface area contributed by atoms with E-state index in [1.54, 1.807) is 35.2 Å². The van der Waals surface area contributed by atoms with Crippen LogP contribution in [-0.4, -0.2) is 42.3 Å². The first-order chi connectivity index (χ1) is 14.0. The SMILES string of the molecule is CCOc1ccc(C(=O)N2CCN=C2SCc2ccc(Cl)cc2Cl)cc1OCC. The van der Waals surface area contributed by atoms with Crippen molar-refractivity contribution in [3.63, 3.8) is 0 Å². The van der Waals surface area contributed by atoms with E-state index in [2.05, 4.69) is 4.99 Å². The van der Waals surface area contributed by atoms with E-state index >= 15 is 0 Å². The molecule has 3 rings (SSSR count). The molecule has 8 heteroatoms. The molecular weight excluding hydrogens is 431 g/mol. The molecule has 0 atom stereocenters. The average Bonchev–Trinajstić information content (AvgIpc) is 3.17. The van der Waals surface area contributed by atoms with Crippen LogP contribution in [0.5, 0.6) is 11.5 Å². The Morgan fingerprint density at radius 2 is 1.86 bits per heavy atom. The number of amides is 1. The highest BCUT2D eigenvalue weighted by Gasteiger charge is 2.26. The average molecular weight is 453 g/mol. The third-order valence-corrected chi connectivity index (χ3v) is 5.86. The van der Waals surface area contributed by atoms with Crippen molar-refractivity contribution in [2.75, 3.05) is 26.3 Å². The molecule has 0 saturated carbocycles. The quantitative estimate of drug-likeness (QED) is 0.553. The Hall–Kier alpha value is -1.89. The van der Waals surface area contributed by atoms with Crippen LogP contribution in [0, 0.1) is 0 Å². The minimum atomic E-state index is -0.111. The van der Waals surface area contributed by atoms with Crippen molar-refractivity contribution < 1.29 is 14.3 Å². The first kappa shape index (κ1) is 21.8. The van der Waals surface area contributed by atoms with Crippen LogP contribution in [0.1, 0.15) is 29.8 Å². The first-order valence-corrected chi connectivity index (χ1v) is 11.1. The monoisotopic (exact) mass is 452 g/mol. The molecule has 1 heterocycles. The summed E-state index contributed by atoms with van der Waals surface area (Å²) in [6.07, 6.45) is 0. The van der Waals surface area contributed by atoms with Gasteiger partial charge < -0.3 is 9.47 Å². The van der Waals surface area contributed by atoms with Crippen LogP contribution in [0.4, 0.5) is 0 Å². The lowest BCUT2D eigenvalue weighted by atomic mass is 10.1. The van der Waals surface area contributed by atoms with E-state index in [-0.39, 0.29) is 5.91 Å². The third-order valence-electron chi connectivity index (χ3n) is 4.21. The fourth-order valence-electron chi connectivity index (χ4n) is 2.86. The number of rotatable bonds is 7. The summed E-state index contributed by atoms with van der Waals surface area (Å²) in [5.74, 6) is 1.69. The van der Waals surface area contributed by atoms with Crippen LogP contribution in [0.15, 0.2) is 41.4 Å². The number of amidine groups is 1. The molecule has 1 aliphatic rings. The van der Waals surface area contributed by atoms with Gasteiger partial charge in [-0.05, 0) is 49.7 Å². The molecule has 0 fully saturated rings. The summed E-state index contributed by atoms with van der Waals surface area (Å²) in [5, 5.41) is 1.89. The minimum absolute atomic E-state index is 0.111. The molecule has 0 spiro atoms. The number of halogens is 2. The topological polar surface area (TPSA) is 51.1 Å². The lowest BCUT2D eigenvalue weighted by Gasteiger charge is -2.19. The van der Waals surface area contributed by atoms with E-state index < -0.39 is 0 Å². The highest BCUT2D eigenvalue weighted by molar-refractivity contribution is 8.13. The molecule has 29 heavy (non-hydrogen) atoms. The highest BCUT2D eigenvalue weighted by atomic mass is 35.5. The normalized spacial score (nSPS) is 13.4. The molecule has 0 aromatic heterocycles. The molecule has 1 amide bonds. The Balaban J connectivity index is 1.73. The Bertz CT molecular complexity index is 921. The van der Waals surface area contributed by atoms with E-state index in [0.29, 0.717) is 64.3 Å². The van der Waals surface area contributed by atoms with Gasteiger partial charge >= 0.3 is 0 Å².